The fraction of sp³-hybridized carbons (Fsp3) is 0.909. The molecule has 0 bridgehead atoms. The summed E-state index contributed by atoms with van der Waals surface area (Å²) in [4.78, 5) is 4.23. The van der Waals surface area contributed by atoms with Gasteiger partial charge in [-0.2, -0.15) is 0 Å². The number of aliphatic imine (C=N–C) groups is 1. The predicted molar refractivity (Wildman–Crippen MR) is 57.9 cm³/mol. The molecule has 0 aromatic heterocycles. The van der Waals surface area contributed by atoms with Crippen LogP contribution in [0.15, 0.2) is 4.99 Å². The summed E-state index contributed by atoms with van der Waals surface area (Å²) in [5, 5.41) is 0. The molecule has 1 fully saturated rings. The van der Waals surface area contributed by atoms with Crippen LogP contribution >= 0.6 is 0 Å². The van der Waals surface area contributed by atoms with Gasteiger partial charge in [0, 0.05) is 6.54 Å². The molecule has 2 N–H and O–H groups in total. The van der Waals surface area contributed by atoms with E-state index in [0.29, 0.717) is 0 Å². The van der Waals surface area contributed by atoms with Crippen LogP contribution in [0.25, 0.3) is 0 Å². The summed E-state index contributed by atoms with van der Waals surface area (Å²) in [7, 11) is 0. The lowest BCUT2D eigenvalue weighted by Gasteiger charge is -2.25. The van der Waals surface area contributed by atoms with Gasteiger partial charge in [-0.1, -0.05) is 32.6 Å². The van der Waals surface area contributed by atoms with Crippen molar-refractivity contribution < 1.29 is 0 Å². The van der Waals surface area contributed by atoms with Crippen molar-refractivity contribution in [3.05, 3.63) is 0 Å². The summed E-state index contributed by atoms with van der Waals surface area (Å²) in [5.74, 6) is 2.60. The normalized spacial score (nSPS) is 30.5. The van der Waals surface area contributed by atoms with Crippen molar-refractivity contribution in [3.63, 3.8) is 0 Å². The fourth-order valence-electron chi connectivity index (χ4n) is 2.04. The molecule has 1 rings (SSSR count). The zero-order valence-electron chi connectivity index (χ0n) is 8.92. The quantitative estimate of drug-likeness (QED) is 0.529. The van der Waals surface area contributed by atoms with E-state index in [-0.39, 0.29) is 0 Å². The Hall–Kier alpha value is -0.530. The van der Waals surface area contributed by atoms with Crippen LogP contribution in [0.2, 0.25) is 0 Å². The molecule has 0 spiro atoms. The van der Waals surface area contributed by atoms with Gasteiger partial charge in [-0.15, -0.1) is 0 Å². The summed E-state index contributed by atoms with van der Waals surface area (Å²) in [6.45, 7) is 5.16. The third-order valence-corrected chi connectivity index (χ3v) is 3.03. The van der Waals surface area contributed by atoms with Crippen molar-refractivity contribution in [2.45, 2.75) is 46.0 Å². The minimum Gasteiger partial charge on any atom is -0.388 e. The maximum atomic E-state index is 5.48. The standard InChI is InChI=1S/C11H22N2/c1-9-3-5-11(6-4-9)7-8-13-10(2)12/h9,11H,3-8H2,1-2H3,(H2,12,13). The predicted octanol–water partition coefficient (Wildman–Crippen LogP) is 2.58. The minimum absolute atomic E-state index is 0.726. The number of rotatable bonds is 3. The van der Waals surface area contributed by atoms with Crippen molar-refractivity contribution >= 4 is 5.84 Å². The molecule has 0 atom stereocenters. The van der Waals surface area contributed by atoms with Gasteiger partial charge in [0.15, 0.2) is 0 Å². The van der Waals surface area contributed by atoms with E-state index in [2.05, 4.69) is 11.9 Å². The second kappa shape index (κ2) is 5.25. The first kappa shape index (κ1) is 10.6. The van der Waals surface area contributed by atoms with Gasteiger partial charge < -0.3 is 5.73 Å². The minimum atomic E-state index is 0.726. The maximum absolute atomic E-state index is 5.48. The Kier molecular flexibility index (Phi) is 4.26. The van der Waals surface area contributed by atoms with Crippen molar-refractivity contribution in [1.82, 2.24) is 0 Å². The number of nitrogens with two attached hydrogens (primary N) is 1. The summed E-state index contributed by atoms with van der Waals surface area (Å²) in [6.07, 6.45) is 6.87. The Bertz CT molecular complexity index is 163. The second-order valence-electron chi connectivity index (χ2n) is 4.44. The fourth-order valence-corrected chi connectivity index (χ4v) is 2.04. The largest absolute Gasteiger partial charge is 0.388 e. The van der Waals surface area contributed by atoms with Crippen LogP contribution < -0.4 is 5.73 Å². The molecule has 0 unspecified atom stereocenters. The highest BCUT2D eigenvalue weighted by Crippen LogP contribution is 2.30. The smallest absolute Gasteiger partial charge is 0.0905 e. The molecule has 2 heteroatoms. The average Bonchev–Trinajstić information content (AvgIpc) is 2.08. The number of amidine groups is 1. The Morgan fingerprint density at radius 3 is 2.46 bits per heavy atom. The van der Waals surface area contributed by atoms with Crippen molar-refractivity contribution in [1.29, 1.82) is 0 Å². The molecule has 0 radical (unpaired) electrons. The summed E-state index contributed by atoms with van der Waals surface area (Å²) in [6, 6.07) is 0. The third-order valence-electron chi connectivity index (χ3n) is 3.03. The van der Waals surface area contributed by atoms with Gasteiger partial charge in [-0.05, 0) is 25.2 Å². The van der Waals surface area contributed by atoms with Crippen molar-refractivity contribution in [2.24, 2.45) is 22.6 Å². The lowest BCUT2D eigenvalue weighted by molar-refractivity contribution is 0.280. The Balaban J connectivity index is 2.12. The zero-order valence-corrected chi connectivity index (χ0v) is 8.92. The van der Waals surface area contributed by atoms with E-state index < -0.39 is 0 Å². The van der Waals surface area contributed by atoms with Crippen LogP contribution in [0.4, 0.5) is 0 Å². The highest BCUT2D eigenvalue weighted by atomic mass is 14.8. The second-order valence-corrected chi connectivity index (χ2v) is 4.44. The first-order chi connectivity index (χ1) is 6.18. The molecule has 2 nitrogen and oxygen atoms in total. The van der Waals surface area contributed by atoms with Crippen molar-refractivity contribution in [2.75, 3.05) is 6.54 Å². The molecule has 0 saturated heterocycles. The lowest BCUT2D eigenvalue weighted by atomic mass is 9.81. The van der Waals surface area contributed by atoms with E-state index >= 15 is 0 Å². The maximum Gasteiger partial charge on any atom is 0.0905 e. The van der Waals surface area contributed by atoms with Crippen LogP contribution in [0.1, 0.15) is 46.0 Å². The lowest BCUT2D eigenvalue weighted by Crippen LogP contribution is -2.14. The Morgan fingerprint density at radius 1 is 1.31 bits per heavy atom. The van der Waals surface area contributed by atoms with Gasteiger partial charge >= 0.3 is 0 Å². The molecule has 0 aromatic carbocycles. The van der Waals surface area contributed by atoms with Crippen LogP contribution in [-0.2, 0) is 0 Å². The third kappa shape index (κ3) is 4.30. The monoisotopic (exact) mass is 182 g/mol. The number of hydrogen-bond donors (Lipinski definition) is 1. The summed E-state index contributed by atoms with van der Waals surface area (Å²) >= 11 is 0. The highest BCUT2D eigenvalue weighted by Gasteiger charge is 2.17. The first-order valence-corrected chi connectivity index (χ1v) is 5.45. The molecule has 1 aliphatic rings. The van der Waals surface area contributed by atoms with E-state index in [1.807, 2.05) is 6.92 Å². The Morgan fingerprint density at radius 2 is 1.92 bits per heavy atom. The van der Waals surface area contributed by atoms with Gasteiger partial charge in [0.25, 0.3) is 0 Å². The molecule has 0 heterocycles. The average molecular weight is 182 g/mol. The van der Waals surface area contributed by atoms with E-state index in [0.717, 1.165) is 24.2 Å². The number of nitrogens with zero attached hydrogens (tertiary/aromatic N) is 1. The van der Waals surface area contributed by atoms with Gasteiger partial charge in [-0.25, -0.2) is 0 Å². The van der Waals surface area contributed by atoms with Crippen LogP contribution in [0.5, 0.6) is 0 Å². The van der Waals surface area contributed by atoms with E-state index in [1.54, 1.807) is 0 Å². The van der Waals surface area contributed by atoms with Crippen LogP contribution in [0, 0.1) is 11.8 Å². The van der Waals surface area contributed by atoms with Crippen LogP contribution in [-0.4, -0.2) is 12.4 Å². The molecule has 0 amide bonds. The van der Waals surface area contributed by atoms with Gasteiger partial charge in [0.2, 0.25) is 0 Å². The van der Waals surface area contributed by atoms with Crippen LogP contribution in [0.3, 0.4) is 0 Å². The SMILES string of the molecule is CC(N)=NCCC1CCC(C)CC1. The molecule has 0 aromatic rings. The first-order valence-electron chi connectivity index (χ1n) is 5.45. The molecular weight excluding hydrogens is 160 g/mol. The van der Waals surface area contributed by atoms with E-state index in [9.17, 15) is 0 Å². The highest BCUT2D eigenvalue weighted by molar-refractivity contribution is 5.77. The molecule has 1 saturated carbocycles. The Labute approximate surface area is 81.6 Å². The summed E-state index contributed by atoms with van der Waals surface area (Å²) < 4.78 is 0. The molecular formula is C11H22N2. The van der Waals surface area contributed by atoms with Gasteiger partial charge in [0.05, 0.1) is 5.84 Å². The topological polar surface area (TPSA) is 38.4 Å². The van der Waals surface area contributed by atoms with Gasteiger partial charge in [-0.3, -0.25) is 4.99 Å². The summed E-state index contributed by atoms with van der Waals surface area (Å²) in [5.41, 5.74) is 5.48. The molecule has 13 heavy (non-hydrogen) atoms. The van der Waals surface area contributed by atoms with Crippen molar-refractivity contribution in [3.8, 4) is 0 Å². The molecule has 76 valence electrons. The number of hydrogen-bond acceptors (Lipinski definition) is 1. The van der Waals surface area contributed by atoms with E-state index in [4.69, 9.17) is 5.73 Å². The zero-order chi connectivity index (χ0) is 9.68. The van der Waals surface area contributed by atoms with Gasteiger partial charge in [0.1, 0.15) is 0 Å². The molecule has 1 aliphatic carbocycles. The molecule has 0 aliphatic heterocycles. The van der Waals surface area contributed by atoms with E-state index in [1.165, 1.54) is 32.1 Å².